The van der Waals surface area contributed by atoms with Crippen molar-refractivity contribution < 1.29 is 9.47 Å². The molecule has 0 spiro atoms. The molecule has 0 saturated carbocycles. The lowest BCUT2D eigenvalue weighted by atomic mass is 9.73. The van der Waals surface area contributed by atoms with Gasteiger partial charge in [-0.15, -0.1) is 0 Å². The highest BCUT2D eigenvalue weighted by Crippen LogP contribution is 2.53. The van der Waals surface area contributed by atoms with E-state index in [4.69, 9.17) is 9.47 Å². The maximum absolute atomic E-state index is 6.42. The van der Waals surface area contributed by atoms with Crippen molar-refractivity contribution in [1.29, 1.82) is 0 Å². The van der Waals surface area contributed by atoms with Crippen molar-refractivity contribution in [2.24, 2.45) is 11.8 Å². The molecule has 3 rings (SSSR count). The lowest BCUT2D eigenvalue weighted by Gasteiger charge is -2.30. The number of methoxy groups -OCH3 is 1. The van der Waals surface area contributed by atoms with Crippen molar-refractivity contribution in [2.75, 3.05) is 7.11 Å². The molecule has 1 aromatic rings. The third-order valence-electron chi connectivity index (χ3n) is 4.91. The molecule has 2 nitrogen and oxygen atoms in total. The highest BCUT2D eigenvalue weighted by molar-refractivity contribution is 5.31. The third kappa shape index (κ3) is 2.26. The fourth-order valence-electron chi connectivity index (χ4n) is 3.79. The van der Waals surface area contributed by atoms with Crippen molar-refractivity contribution in [1.82, 2.24) is 0 Å². The van der Waals surface area contributed by atoms with E-state index in [9.17, 15) is 0 Å². The Morgan fingerprint density at radius 1 is 1.20 bits per heavy atom. The molecule has 1 saturated heterocycles. The van der Waals surface area contributed by atoms with Crippen LogP contribution in [0.15, 0.2) is 35.9 Å². The summed E-state index contributed by atoms with van der Waals surface area (Å²) < 4.78 is 11.7. The van der Waals surface area contributed by atoms with E-state index in [1.807, 2.05) is 12.1 Å². The third-order valence-corrected chi connectivity index (χ3v) is 4.91. The Balaban J connectivity index is 1.93. The van der Waals surface area contributed by atoms with E-state index >= 15 is 0 Å². The van der Waals surface area contributed by atoms with Gasteiger partial charge < -0.3 is 9.47 Å². The fourth-order valence-corrected chi connectivity index (χ4v) is 3.79. The average molecular weight is 272 g/mol. The van der Waals surface area contributed by atoms with Gasteiger partial charge in [-0.25, -0.2) is 0 Å². The molecule has 0 N–H and O–H groups in total. The number of hydrogen-bond acceptors (Lipinski definition) is 2. The topological polar surface area (TPSA) is 18.5 Å². The highest BCUT2D eigenvalue weighted by atomic mass is 16.5. The zero-order valence-electron chi connectivity index (χ0n) is 12.8. The van der Waals surface area contributed by atoms with E-state index in [-0.39, 0.29) is 11.7 Å². The van der Waals surface area contributed by atoms with Gasteiger partial charge in [0.05, 0.1) is 18.8 Å². The van der Waals surface area contributed by atoms with Crippen LogP contribution >= 0.6 is 0 Å². The lowest BCUT2D eigenvalue weighted by Crippen LogP contribution is -2.30. The second-order valence-electron chi connectivity index (χ2n) is 6.65. The fraction of sp³-hybridized carbons (Fsp3) is 0.556. The van der Waals surface area contributed by atoms with Crippen molar-refractivity contribution in [3.05, 3.63) is 41.5 Å². The van der Waals surface area contributed by atoms with Gasteiger partial charge >= 0.3 is 0 Å². The van der Waals surface area contributed by atoms with Crippen molar-refractivity contribution in [3.8, 4) is 5.75 Å². The molecule has 1 aliphatic heterocycles. The van der Waals surface area contributed by atoms with Crippen molar-refractivity contribution >= 4 is 0 Å². The molecule has 3 atom stereocenters. The van der Waals surface area contributed by atoms with Crippen LogP contribution in [0.5, 0.6) is 5.75 Å². The SMILES string of the molecule is COc1ccc([C@@H]2OC(C)(C)[C@@H]3CCC(C)=C[C@@H]32)cc1. The van der Waals surface area contributed by atoms with Gasteiger partial charge in [0.25, 0.3) is 0 Å². The summed E-state index contributed by atoms with van der Waals surface area (Å²) in [6, 6.07) is 8.33. The minimum absolute atomic E-state index is 0.0353. The number of benzene rings is 1. The zero-order chi connectivity index (χ0) is 14.3. The van der Waals surface area contributed by atoms with Gasteiger partial charge in [-0.1, -0.05) is 23.8 Å². The van der Waals surface area contributed by atoms with Crippen molar-refractivity contribution in [2.45, 2.75) is 45.3 Å². The second-order valence-corrected chi connectivity index (χ2v) is 6.65. The number of allylic oxidation sites excluding steroid dienone is 1. The van der Waals surface area contributed by atoms with Gasteiger partial charge in [-0.05, 0) is 57.2 Å². The summed E-state index contributed by atoms with van der Waals surface area (Å²) in [5.74, 6) is 2.03. The number of hydrogen-bond donors (Lipinski definition) is 0. The maximum Gasteiger partial charge on any atom is 0.118 e. The Morgan fingerprint density at radius 2 is 1.90 bits per heavy atom. The lowest BCUT2D eigenvalue weighted by molar-refractivity contribution is -0.0344. The summed E-state index contributed by atoms with van der Waals surface area (Å²) in [6.07, 6.45) is 5.07. The number of fused-ring (bicyclic) bond motifs is 1. The molecule has 2 aliphatic rings. The van der Waals surface area contributed by atoms with Crippen LogP contribution in [0.1, 0.15) is 45.3 Å². The minimum atomic E-state index is -0.0353. The van der Waals surface area contributed by atoms with E-state index in [0.29, 0.717) is 11.8 Å². The van der Waals surface area contributed by atoms with Gasteiger partial charge in [-0.2, -0.15) is 0 Å². The predicted molar refractivity (Wildman–Crippen MR) is 80.9 cm³/mol. The van der Waals surface area contributed by atoms with E-state index in [1.54, 1.807) is 7.11 Å². The van der Waals surface area contributed by atoms with Crippen LogP contribution < -0.4 is 4.74 Å². The first kappa shape index (κ1) is 13.7. The van der Waals surface area contributed by atoms with E-state index in [1.165, 1.54) is 24.0 Å². The number of rotatable bonds is 2. The monoisotopic (exact) mass is 272 g/mol. The standard InChI is InChI=1S/C18H24O2/c1-12-5-10-16-15(11-12)17(20-18(16,2)3)13-6-8-14(19-4)9-7-13/h6-9,11,15-17H,5,10H2,1-4H3/t15-,16+,17-/m0/s1. The molecule has 0 amide bonds. The van der Waals surface area contributed by atoms with Crippen LogP contribution in [0.25, 0.3) is 0 Å². The largest absolute Gasteiger partial charge is 0.497 e. The molecule has 0 unspecified atom stereocenters. The van der Waals surface area contributed by atoms with Crippen LogP contribution in [0.3, 0.4) is 0 Å². The molecule has 1 aromatic carbocycles. The summed E-state index contributed by atoms with van der Waals surface area (Å²) in [4.78, 5) is 0. The smallest absolute Gasteiger partial charge is 0.118 e. The summed E-state index contributed by atoms with van der Waals surface area (Å²) >= 11 is 0. The normalized spacial score (nSPS) is 31.6. The van der Waals surface area contributed by atoms with E-state index in [0.717, 1.165) is 5.75 Å². The van der Waals surface area contributed by atoms with E-state index in [2.05, 4.69) is 39.0 Å². The van der Waals surface area contributed by atoms with Crippen LogP contribution in [-0.2, 0) is 4.74 Å². The first-order valence-corrected chi connectivity index (χ1v) is 7.50. The second kappa shape index (κ2) is 4.92. The Labute approximate surface area is 121 Å². The summed E-state index contributed by atoms with van der Waals surface area (Å²) in [7, 11) is 1.70. The molecule has 1 heterocycles. The summed E-state index contributed by atoms with van der Waals surface area (Å²) in [6.45, 7) is 6.72. The highest BCUT2D eigenvalue weighted by Gasteiger charge is 2.49. The Bertz CT molecular complexity index is 513. The first-order chi connectivity index (χ1) is 9.51. The Hall–Kier alpha value is -1.28. The number of ether oxygens (including phenoxy) is 2. The van der Waals surface area contributed by atoms with Gasteiger partial charge in [-0.3, -0.25) is 0 Å². The van der Waals surface area contributed by atoms with Gasteiger partial charge in [0, 0.05) is 5.92 Å². The van der Waals surface area contributed by atoms with Crippen LogP contribution in [0.2, 0.25) is 0 Å². The molecule has 2 heteroatoms. The van der Waals surface area contributed by atoms with Crippen LogP contribution in [0, 0.1) is 11.8 Å². The summed E-state index contributed by atoms with van der Waals surface area (Å²) in [5, 5.41) is 0. The molecule has 0 radical (unpaired) electrons. The molecular formula is C18H24O2. The van der Waals surface area contributed by atoms with Gasteiger partial charge in [0.2, 0.25) is 0 Å². The van der Waals surface area contributed by atoms with Gasteiger partial charge in [0.15, 0.2) is 0 Å². The predicted octanol–water partition coefficient (Wildman–Crippen LogP) is 4.52. The molecule has 0 aromatic heterocycles. The molecule has 20 heavy (non-hydrogen) atoms. The maximum atomic E-state index is 6.42. The Kier molecular flexibility index (Phi) is 3.37. The zero-order valence-corrected chi connectivity index (χ0v) is 12.8. The van der Waals surface area contributed by atoms with E-state index < -0.39 is 0 Å². The van der Waals surface area contributed by atoms with Crippen molar-refractivity contribution in [3.63, 3.8) is 0 Å². The van der Waals surface area contributed by atoms with Crippen LogP contribution in [0.4, 0.5) is 0 Å². The quantitative estimate of drug-likeness (QED) is 0.737. The molecule has 108 valence electrons. The molecule has 1 fully saturated rings. The first-order valence-electron chi connectivity index (χ1n) is 7.50. The van der Waals surface area contributed by atoms with Gasteiger partial charge in [0.1, 0.15) is 5.75 Å². The van der Waals surface area contributed by atoms with Crippen LogP contribution in [-0.4, -0.2) is 12.7 Å². The average Bonchev–Trinajstić information content (AvgIpc) is 2.70. The molecule has 1 aliphatic carbocycles. The molecular weight excluding hydrogens is 248 g/mol. The molecule has 0 bridgehead atoms. The minimum Gasteiger partial charge on any atom is -0.497 e. The summed E-state index contributed by atoms with van der Waals surface area (Å²) in [5.41, 5.74) is 2.73. The Morgan fingerprint density at radius 3 is 2.55 bits per heavy atom.